The van der Waals surface area contributed by atoms with Gasteiger partial charge in [0.1, 0.15) is 6.04 Å². The summed E-state index contributed by atoms with van der Waals surface area (Å²) in [6.07, 6.45) is 4.36. The number of H-pyrrole nitrogens is 1. The molecule has 0 fully saturated rings. The molecule has 0 bridgehead atoms. The number of rotatable bonds is 3. The number of nitrogens with zero attached hydrogens (tertiary/aromatic N) is 4. The van der Waals surface area contributed by atoms with Gasteiger partial charge in [0.15, 0.2) is 5.84 Å². The lowest BCUT2D eigenvalue weighted by Crippen LogP contribution is -1.95. The van der Waals surface area contributed by atoms with Gasteiger partial charge in [0.05, 0.1) is 6.21 Å². The van der Waals surface area contributed by atoms with E-state index >= 15 is 0 Å². The van der Waals surface area contributed by atoms with Crippen molar-refractivity contribution >= 4 is 23.0 Å². The molecule has 23 heavy (non-hydrogen) atoms. The fourth-order valence-electron chi connectivity index (χ4n) is 2.67. The second-order valence-corrected chi connectivity index (χ2v) is 5.40. The molecule has 0 spiro atoms. The summed E-state index contributed by atoms with van der Waals surface area (Å²) >= 11 is 0. The van der Waals surface area contributed by atoms with Crippen molar-refractivity contribution in [2.45, 2.75) is 12.5 Å². The Labute approximate surface area is 133 Å². The fourth-order valence-corrected chi connectivity index (χ4v) is 2.67. The van der Waals surface area contributed by atoms with Crippen LogP contribution < -0.4 is 0 Å². The summed E-state index contributed by atoms with van der Waals surface area (Å²) in [5.74, 6) is 0.662. The maximum Gasteiger partial charge on any atom is 0.175 e. The summed E-state index contributed by atoms with van der Waals surface area (Å²) in [5, 5.41) is 17.9. The Morgan fingerprint density at radius 2 is 1.87 bits per heavy atom. The highest BCUT2D eigenvalue weighted by Gasteiger charge is 2.19. The van der Waals surface area contributed by atoms with Crippen LogP contribution in [0.1, 0.15) is 23.6 Å². The normalized spacial score (nSPS) is 19.3. The molecule has 0 saturated carbocycles. The van der Waals surface area contributed by atoms with E-state index in [4.69, 9.17) is 0 Å². The van der Waals surface area contributed by atoms with Gasteiger partial charge in [-0.25, -0.2) is 0 Å². The number of nitrogens with one attached hydrogen (secondary N) is 1. The summed E-state index contributed by atoms with van der Waals surface area (Å²) in [6.45, 7) is 0. The fraction of sp³-hybridized carbons (Fsp3) is 0.111. The van der Waals surface area contributed by atoms with Gasteiger partial charge in [-0.05, 0) is 11.6 Å². The van der Waals surface area contributed by atoms with Crippen molar-refractivity contribution in [2.24, 2.45) is 20.4 Å². The highest BCUT2D eigenvalue weighted by Crippen LogP contribution is 2.27. The second kappa shape index (κ2) is 5.96. The first-order valence-electron chi connectivity index (χ1n) is 7.52. The topological polar surface area (TPSA) is 65.2 Å². The average molecular weight is 301 g/mol. The van der Waals surface area contributed by atoms with Crippen LogP contribution in [0.5, 0.6) is 0 Å². The quantitative estimate of drug-likeness (QED) is 0.547. The van der Waals surface area contributed by atoms with Gasteiger partial charge in [-0.15, -0.1) is 10.2 Å². The minimum Gasteiger partial charge on any atom is -0.361 e. The smallest absolute Gasteiger partial charge is 0.175 e. The minimum absolute atomic E-state index is 0.0539. The summed E-state index contributed by atoms with van der Waals surface area (Å²) in [5.41, 5.74) is 3.26. The molecule has 2 aromatic carbocycles. The van der Waals surface area contributed by atoms with Crippen molar-refractivity contribution < 1.29 is 0 Å². The largest absolute Gasteiger partial charge is 0.361 e. The molecule has 3 aromatic rings. The Bertz CT molecular complexity index is 905. The first kappa shape index (κ1) is 13.6. The SMILES string of the molecule is C(=N\N=C1/C[C@@H](c2ccccc2)N=N1)/c1c[nH]c2ccccc12. The van der Waals surface area contributed by atoms with Gasteiger partial charge < -0.3 is 4.98 Å². The second-order valence-electron chi connectivity index (χ2n) is 5.40. The van der Waals surface area contributed by atoms with Gasteiger partial charge in [-0.1, -0.05) is 48.5 Å². The molecule has 0 saturated heterocycles. The summed E-state index contributed by atoms with van der Waals surface area (Å²) in [7, 11) is 0. The number of hydrogen-bond acceptors (Lipinski definition) is 3. The van der Waals surface area contributed by atoms with Crippen LogP contribution in [0.25, 0.3) is 10.9 Å². The Morgan fingerprint density at radius 3 is 2.78 bits per heavy atom. The van der Waals surface area contributed by atoms with Crippen molar-refractivity contribution in [2.75, 3.05) is 0 Å². The van der Waals surface area contributed by atoms with Crippen LogP contribution >= 0.6 is 0 Å². The molecular weight excluding hydrogens is 286 g/mol. The highest BCUT2D eigenvalue weighted by molar-refractivity contribution is 5.99. The van der Waals surface area contributed by atoms with Crippen LogP contribution in [0.3, 0.4) is 0 Å². The van der Waals surface area contributed by atoms with Crippen molar-refractivity contribution in [3.05, 3.63) is 71.9 Å². The van der Waals surface area contributed by atoms with E-state index in [2.05, 4.69) is 43.6 Å². The third kappa shape index (κ3) is 2.81. The zero-order valence-electron chi connectivity index (χ0n) is 12.4. The van der Waals surface area contributed by atoms with E-state index in [9.17, 15) is 0 Å². The van der Waals surface area contributed by atoms with E-state index in [1.807, 2.05) is 42.6 Å². The molecule has 112 valence electrons. The number of para-hydroxylation sites is 1. The van der Waals surface area contributed by atoms with Crippen LogP contribution in [0.15, 0.2) is 81.2 Å². The molecule has 5 nitrogen and oxygen atoms in total. The van der Waals surface area contributed by atoms with Crippen LogP contribution in [0, 0.1) is 0 Å². The molecule has 0 radical (unpaired) electrons. The molecule has 0 amide bonds. The number of aromatic amines is 1. The molecule has 5 heteroatoms. The monoisotopic (exact) mass is 301 g/mol. The van der Waals surface area contributed by atoms with Gasteiger partial charge >= 0.3 is 0 Å². The van der Waals surface area contributed by atoms with Crippen LogP contribution in [0.2, 0.25) is 0 Å². The standard InChI is InChI=1S/C18H15N5/c1-2-6-13(7-3-1)17-10-18(23-21-17)22-20-12-14-11-19-16-9-5-4-8-15(14)16/h1-9,11-12,17,19H,10H2/b20-12+,22-18+/t17-/m0/s1. The van der Waals surface area contributed by atoms with E-state index in [0.717, 1.165) is 22.0 Å². The number of fused-ring (bicyclic) bond motifs is 1. The van der Waals surface area contributed by atoms with E-state index in [1.54, 1.807) is 6.21 Å². The molecule has 1 aliphatic rings. The van der Waals surface area contributed by atoms with Crippen LogP contribution in [-0.4, -0.2) is 17.0 Å². The Hall–Kier alpha value is -3.08. The van der Waals surface area contributed by atoms with Gasteiger partial charge in [-0.3, -0.25) is 0 Å². The van der Waals surface area contributed by atoms with Gasteiger partial charge in [0.25, 0.3) is 0 Å². The lowest BCUT2D eigenvalue weighted by atomic mass is 10.1. The zero-order chi connectivity index (χ0) is 15.5. The maximum absolute atomic E-state index is 4.27. The molecule has 1 aliphatic heterocycles. The number of aromatic nitrogens is 1. The molecule has 1 atom stereocenters. The van der Waals surface area contributed by atoms with Gasteiger partial charge in [-0.2, -0.15) is 10.2 Å². The number of benzene rings is 2. The number of azo groups is 1. The maximum atomic E-state index is 4.27. The first-order chi connectivity index (χ1) is 11.4. The third-order valence-electron chi connectivity index (χ3n) is 3.86. The van der Waals surface area contributed by atoms with Crippen molar-refractivity contribution in [1.82, 2.24) is 4.98 Å². The Balaban J connectivity index is 1.49. The summed E-state index contributed by atoms with van der Waals surface area (Å²) in [6, 6.07) is 18.3. The van der Waals surface area contributed by atoms with Crippen molar-refractivity contribution in [3.8, 4) is 0 Å². The molecular formula is C18H15N5. The predicted molar refractivity (Wildman–Crippen MR) is 92.0 cm³/mol. The van der Waals surface area contributed by atoms with Gasteiger partial charge in [0, 0.05) is 29.1 Å². The molecule has 0 aliphatic carbocycles. The number of amidine groups is 1. The minimum atomic E-state index is 0.0539. The van der Waals surface area contributed by atoms with Crippen molar-refractivity contribution in [3.63, 3.8) is 0 Å². The van der Waals surface area contributed by atoms with Crippen LogP contribution in [0.4, 0.5) is 0 Å². The first-order valence-corrected chi connectivity index (χ1v) is 7.52. The van der Waals surface area contributed by atoms with Gasteiger partial charge in [0.2, 0.25) is 0 Å². The molecule has 1 aromatic heterocycles. The zero-order valence-corrected chi connectivity index (χ0v) is 12.4. The lowest BCUT2D eigenvalue weighted by Gasteiger charge is -2.02. The van der Waals surface area contributed by atoms with E-state index in [0.29, 0.717) is 12.3 Å². The van der Waals surface area contributed by atoms with Crippen molar-refractivity contribution in [1.29, 1.82) is 0 Å². The summed E-state index contributed by atoms with van der Waals surface area (Å²) < 4.78 is 0. The molecule has 4 rings (SSSR count). The Kier molecular flexibility index (Phi) is 3.52. The Morgan fingerprint density at radius 1 is 1.04 bits per heavy atom. The third-order valence-corrected chi connectivity index (χ3v) is 3.86. The van der Waals surface area contributed by atoms with E-state index < -0.39 is 0 Å². The molecule has 1 N–H and O–H groups in total. The van der Waals surface area contributed by atoms with E-state index in [-0.39, 0.29) is 6.04 Å². The average Bonchev–Trinajstić information content (AvgIpc) is 3.23. The molecule has 2 heterocycles. The lowest BCUT2D eigenvalue weighted by molar-refractivity contribution is 0.773. The summed E-state index contributed by atoms with van der Waals surface area (Å²) in [4.78, 5) is 3.21. The van der Waals surface area contributed by atoms with Crippen LogP contribution in [-0.2, 0) is 0 Å². The predicted octanol–water partition coefficient (Wildman–Crippen LogP) is 4.50. The highest BCUT2D eigenvalue weighted by atomic mass is 15.3. The molecule has 0 unspecified atom stereocenters. The number of hydrogen-bond donors (Lipinski definition) is 1. The van der Waals surface area contributed by atoms with E-state index in [1.165, 1.54) is 0 Å².